The highest BCUT2D eigenvalue weighted by Crippen LogP contribution is 2.18. The van der Waals surface area contributed by atoms with Gasteiger partial charge in [-0.05, 0) is 31.4 Å². The highest BCUT2D eigenvalue weighted by molar-refractivity contribution is 5.94. The summed E-state index contributed by atoms with van der Waals surface area (Å²) < 4.78 is 0. The molecule has 1 aliphatic rings. The molecule has 2 N–H and O–H groups in total. The Morgan fingerprint density at radius 3 is 2.78 bits per heavy atom. The summed E-state index contributed by atoms with van der Waals surface area (Å²) in [7, 11) is 0. The van der Waals surface area contributed by atoms with Gasteiger partial charge in [0.25, 0.3) is 5.91 Å². The maximum Gasteiger partial charge on any atom is 0.253 e. The first-order valence-electron chi connectivity index (χ1n) is 6.80. The number of pyridine rings is 1. The summed E-state index contributed by atoms with van der Waals surface area (Å²) in [5.74, 6) is 0.825. The van der Waals surface area contributed by atoms with Crippen molar-refractivity contribution in [3.63, 3.8) is 0 Å². The second-order valence-corrected chi connectivity index (χ2v) is 4.81. The molecule has 98 valence electrons. The lowest BCUT2D eigenvalue weighted by atomic mass is 10.2. The molecule has 1 aromatic rings. The minimum absolute atomic E-state index is 0.00329. The van der Waals surface area contributed by atoms with Crippen LogP contribution in [-0.2, 0) is 0 Å². The second-order valence-electron chi connectivity index (χ2n) is 4.81. The number of nitrogens with one attached hydrogen (secondary N) is 2. The molecular weight excluding hydrogens is 226 g/mol. The van der Waals surface area contributed by atoms with Gasteiger partial charge in [-0.15, -0.1) is 0 Å². The molecule has 4 heteroatoms. The fourth-order valence-electron chi connectivity index (χ4n) is 2.22. The Labute approximate surface area is 108 Å². The Bertz CT molecular complexity index is 383. The number of carbonyl (C=O) groups excluding carboxylic acids is 1. The summed E-state index contributed by atoms with van der Waals surface area (Å²) in [6, 6.07) is 4.05. The van der Waals surface area contributed by atoms with Gasteiger partial charge in [-0.1, -0.05) is 19.8 Å². The minimum Gasteiger partial charge on any atom is -0.370 e. The van der Waals surface area contributed by atoms with E-state index in [0.717, 1.165) is 31.6 Å². The molecule has 0 atom stereocenters. The number of amides is 1. The van der Waals surface area contributed by atoms with Crippen molar-refractivity contribution in [1.29, 1.82) is 0 Å². The van der Waals surface area contributed by atoms with E-state index >= 15 is 0 Å². The van der Waals surface area contributed by atoms with Crippen LogP contribution in [0, 0.1) is 0 Å². The molecule has 0 aliphatic heterocycles. The van der Waals surface area contributed by atoms with E-state index in [4.69, 9.17) is 0 Å². The fraction of sp³-hybridized carbons (Fsp3) is 0.571. The van der Waals surface area contributed by atoms with Crippen molar-refractivity contribution in [2.75, 3.05) is 11.9 Å². The van der Waals surface area contributed by atoms with E-state index in [9.17, 15) is 4.79 Å². The fourth-order valence-corrected chi connectivity index (χ4v) is 2.22. The van der Waals surface area contributed by atoms with Crippen LogP contribution in [-0.4, -0.2) is 23.5 Å². The second kappa shape index (κ2) is 6.38. The Hall–Kier alpha value is -1.58. The van der Waals surface area contributed by atoms with E-state index in [1.54, 1.807) is 6.20 Å². The van der Waals surface area contributed by atoms with E-state index in [2.05, 4.69) is 22.5 Å². The predicted octanol–water partition coefficient (Wildman–Crippen LogP) is 2.58. The third-order valence-electron chi connectivity index (χ3n) is 3.27. The van der Waals surface area contributed by atoms with Crippen LogP contribution in [0.25, 0.3) is 0 Å². The van der Waals surface area contributed by atoms with E-state index in [0.29, 0.717) is 11.6 Å². The molecule has 1 saturated carbocycles. The van der Waals surface area contributed by atoms with Crippen molar-refractivity contribution in [3.8, 4) is 0 Å². The summed E-state index contributed by atoms with van der Waals surface area (Å²) in [4.78, 5) is 16.2. The molecule has 0 unspecified atom stereocenters. The average molecular weight is 247 g/mol. The largest absolute Gasteiger partial charge is 0.370 e. The third-order valence-corrected chi connectivity index (χ3v) is 3.27. The molecule has 0 spiro atoms. The van der Waals surface area contributed by atoms with Crippen molar-refractivity contribution in [2.24, 2.45) is 0 Å². The first-order valence-corrected chi connectivity index (χ1v) is 6.80. The molecule has 2 rings (SSSR count). The molecule has 0 saturated heterocycles. The SMILES string of the molecule is CCCNc1ccc(C(=O)NC2CCCC2)cn1. The number of rotatable bonds is 5. The van der Waals surface area contributed by atoms with E-state index < -0.39 is 0 Å². The first-order chi connectivity index (χ1) is 8.79. The monoisotopic (exact) mass is 247 g/mol. The van der Waals surface area contributed by atoms with Gasteiger partial charge >= 0.3 is 0 Å². The van der Waals surface area contributed by atoms with Crippen LogP contribution >= 0.6 is 0 Å². The van der Waals surface area contributed by atoms with Crippen LogP contribution in [0.2, 0.25) is 0 Å². The Kier molecular flexibility index (Phi) is 4.56. The van der Waals surface area contributed by atoms with Crippen LogP contribution in [0.15, 0.2) is 18.3 Å². The van der Waals surface area contributed by atoms with Crippen molar-refractivity contribution in [3.05, 3.63) is 23.9 Å². The zero-order valence-electron chi connectivity index (χ0n) is 10.9. The summed E-state index contributed by atoms with van der Waals surface area (Å²) in [5, 5.41) is 6.25. The average Bonchev–Trinajstić information content (AvgIpc) is 2.89. The van der Waals surface area contributed by atoms with E-state index in [1.807, 2.05) is 12.1 Å². The van der Waals surface area contributed by atoms with Crippen molar-refractivity contribution in [1.82, 2.24) is 10.3 Å². The Balaban J connectivity index is 1.89. The third kappa shape index (κ3) is 3.45. The predicted molar refractivity (Wildman–Crippen MR) is 72.7 cm³/mol. The van der Waals surface area contributed by atoms with Crippen LogP contribution < -0.4 is 10.6 Å². The summed E-state index contributed by atoms with van der Waals surface area (Å²) in [6.45, 7) is 3.01. The number of carbonyl (C=O) groups is 1. The van der Waals surface area contributed by atoms with Gasteiger partial charge in [-0.2, -0.15) is 0 Å². The highest BCUT2D eigenvalue weighted by Gasteiger charge is 2.17. The highest BCUT2D eigenvalue weighted by atomic mass is 16.1. The van der Waals surface area contributed by atoms with Crippen LogP contribution in [0.1, 0.15) is 49.4 Å². The van der Waals surface area contributed by atoms with E-state index in [1.165, 1.54) is 12.8 Å². The lowest BCUT2D eigenvalue weighted by Gasteiger charge is -2.12. The summed E-state index contributed by atoms with van der Waals surface area (Å²) in [5.41, 5.74) is 0.643. The van der Waals surface area contributed by atoms with Crippen molar-refractivity contribution < 1.29 is 4.79 Å². The molecule has 0 aromatic carbocycles. The molecule has 1 fully saturated rings. The zero-order chi connectivity index (χ0) is 12.8. The maximum absolute atomic E-state index is 12.0. The molecule has 18 heavy (non-hydrogen) atoms. The van der Waals surface area contributed by atoms with Gasteiger partial charge in [-0.3, -0.25) is 4.79 Å². The van der Waals surface area contributed by atoms with Gasteiger partial charge < -0.3 is 10.6 Å². The Morgan fingerprint density at radius 1 is 1.39 bits per heavy atom. The number of anilines is 1. The lowest BCUT2D eigenvalue weighted by Crippen LogP contribution is -2.32. The topological polar surface area (TPSA) is 54.0 Å². The van der Waals surface area contributed by atoms with Gasteiger partial charge in [0.15, 0.2) is 0 Å². The Morgan fingerprint density at radius 2 is 2.17 bits per heavy atom. The smallest absolute Gasteiger partial charge is 0.253 e. The molecule has 0 radical (unpaired) electrons. The zero-order valence-corrected chi connectivity index (χ0v) is 10.9. The number of hydrogen-bond acceptors (Lipinski definition) is 3. The van der Waals surface area contributed by atoms with Gasteiger partial charge in [0, 0.05) is 18.8 Å². The van der Waals surface area contributed by atoms with Gasteiger partial charge in [-0.25, -0.2) is 4.98 Å². The molecule has 4 nitrogen and oxygen atoms in total. The standard InChI is InChI=1S/C14H21N3O/c1-2-9-15-13-8-7-11(10-16-13)14(18)17-12-5-3-4-6-12/h7-8,10,12H,2-6,9H2,1H3,(H,15,16)(H,17,18). The quantitative estimate of drug-likeness (QED) is 0.840. The first kappa shape index (κ1) is 12.9. The van der Waals surface area contributed by atoms with E-state index in [-0.39, 0.29) is 5.91 Å². The van der Waals surface area contributed by atoms with Crippen molar-refractivity contribution in [2.45, 2.75) is 45.1 Å². The van der Waals surface area contributed by atoms with Gasteiger partial charge in [0.2, 0.25) is 0 Å². The lowest BCUT2D eigenvalue weighted by molar-refractivity contribution is 0.0937. The molecule has 1 aliphatic carbocycles. The molecule has 0 bridgehead atoms. The van der Waals surface area contributed by atoms with Crippen LogP contribution in [0.4, 0.5) is 5.82 Å². The maximum atomic E-state index is 12.0. The van der Waals surface area contributed by atoms with Crippen LogP contribution in [0.3, 0.4) is 0 Å². The number of hydrogen-bond donors (Lipinski definition) is 2. The van der Waals surface area contributed by atoms with Gasteiger partial charge in [0.1, 0.15) is 5.82 Å². The molecule has 1 aromatic heterocycles. The molecule has 1 heterocycles. The van der Waals surface area contributed by atoms with Crippen molar-refractivity contribution >= 4 is 11.7 Å². The van der Waals surface area contributed by atoms with Crippen LogP contribution in [0.5, 0.6) is 0 Å². The van der Waals surface area contributed by atoms with Gasteiger partial charge in [0.05, 0.1) is 5.56 Å². The normalized spacial score (nSPS) is 15.6. The number of aromatic nitrogens is 1. The number of nitrogens with zero attached hydrogens (tertiary/aromatic N) is 1. The molecular formula is C14H21N3O. The summed E-state index contributed by atoms with van der Waals surface area (Å²) in [6.07, 6.45) is 7.37. The molecule has 1 amide bonds. The summed E-state index contributed by atoms with van der Waals surface area (Å²) >= 11 is 0. The minimum atomic E-state index is -0.00329.